The maximum Gasteiger partial charge on any atom is 0.347 e. The van der Waals surface area contributed by atoms with E-state index in [1.54, 1.807) is 6.07 Å². The molecular formula is C18H19IO7. The fraction of sp³-hybridized carbons (Fsp3) is 0.500. The zero-order valence-corrected chi connectivity index (χ0v) is 16.4. The van der Waals surface area contributed by atoms with Crippen LogP contribution in [0.4, 0.5) is 0 Å². The second-order valence-electron chi connectivity index (χ2n) is 6.32. The molecule has 0 radical (unpaired) electrons. The maximum absolute atomic E-state index is 12.3. The lowest BCUT2D eigenvalue weighted by Crippen LogP contribution is -2.49. The molecule has 1 spiro atoms. The summed E-state index contributed by atoms with van der Waals surface area (Å²) in [5.74, 6) is -2.79. The standard InChI is InChI=1S/C18H19IO7/c1-23-17(22)14(24-13-7-3-2-6-12(13)19)9-11-5-4-8-18(11)25-15(20)10-16(21)26-18/h2-3,6-7,11,14H,4-5,8-10H2,1H3. The largest absolute Gasteiger partial charge is 0.478 e. The Morgan fingerprint density at radius 2 is 2.00 bits per heavy atom. The van der Waals surface area contributed by atoms with Crippen LogP contribution in [0.1, 0.15) is 32.1 Å². The summed E-state index contributed by atoms with van der Waals surface area (Å²) in [4.78, 5) is 35.7. The first-order valence-electron chi connectivity index (χ1n) is 8.36. The molecule has 8 heteroatoms. The smallest absolute Gasteiger partial charge is 0.347 e. The quantitative estimate of drug-likeness (QED) is 0.368. The summed E-state index contributed by atoms with van der Waals surface area (Å²) in [7, 11) is 1.29. The lowest BCUT2D eigenvalue weighted by Gasteiger charge is -2.37. The van der Waals surface area contributed by atoms with Crippen molar-refractivity contribution in [3.63, 3.8) is 0 Å². The lowest BCUT2D eigenvalue weighted by molar-refractivity contribution is -0.257. The molecule has 3 rings (SSSR count). The molecule has 140 valence electrons. The SMILES string of the molecule is COC(=O)C(CC1CCCC12OC(=O)CC(=O)O2)Oc1ccccc1I. The fourth-order valence-corrected chi connectivity index (χ4v) is 3.97. The van der Waals surface area contributed by atoms with E-state index in [0.29, 0.717) is 18.6 Å². The van der Waals surface area contributed by atoms with Gasteiger partial charge < -0.3 is 18.9 Å². The molecule has 1 aromatic rings. The molecule has 26 heavy (non-hydrogen) atoms. The van der Waals surface area contributed by atoms with Gasteiger partial charge in [0.2, 0.25) is 0 Å². The Morgan fingerprint density at radius 1 is 1.31 bits per heavy atom. The van der Waals surface area contributed by atoms with E-state index in [2.05, 4.69) is 22.6 Å². The van der Waals surface area contributed by atoms with Gasteiger partial charge in [0.05, 0.1) is 10.7 Å². The molecule has 7 nitrogen and oxygen atoms in total. The van der Waals surface area contributed by atoms with Crippen molar-refractivity contribution in [3.05, 3.63) is 27.8 Å². The van der Waals surface area contributed by atoms with Crippen molar-refractivity contribution in [2.75, 3.05) is 7.11 Å². The van der Waals surface area contributed by atoms with Crippen LogP contribution < -0.4 is 4.74 Å². The number of methoxy groups -OCH3 is 1. The number of ether oxygens (including phenoxy) is 4. The van der Waals surface area contributed by atoms with E-state index in [9.17, 15) is 14.4 Å². The van der Waals surface area contributed by atoms with Crippen LogP contribution in [0.3, 0.4) is 0 Å². The van der Waals surface area contributed by atoms with Crippen LogP contribution in [0.5, 0.6) is 5.75 Å². The molecule has 1 aliphatic heterocycles. The highest BCUT2D eigenvalue weighted by molar-refractivity contribution is 14.1. The molecule has 1 saturated carbocycles. The normalized spacial score (nSPS) is 22.5. The molecule has 0 bridgehead atoms. The topological polar surface area (TPSA) is 88.1 Å². The van der Waals surface area contributed by atoms with Crippen molar-refractivity contribution < 1.29 is 33.3 Å². The Bertz CT molecular complexity index is 701. The Morgan fingerprint density at radius 3 is 2.65 bits per heavy atom. The van der Waals surface area contributed by atoms with Gasteiger partial charge in [-0.15, -0.1) is 0 Å². The van der Waals surface area contributed by atoms with Crippen molar-refractivity contribution in [1.82, 2.24) is 0 Å². The van der Waals surface area contributed by atoms with Crippen LogP contribution in [-0.4, -0.2) is 36.9 Å². The van der Waals surface area contributed by atoms with Crippen molar-refractivity contribution >= 4 is 40.5 Å². The van der Waals surface area contributed by atoms with E-state index < -0.39 is 29.8 Å². The number of carbonyl (C=O) groups excluding carboxylic acids is 3. The summed E-state index contributed by atoms with van der Waals surface area (Å²) < 4.78 is 22.4. The Balaban J connectivity index is 1.80. The van der Waals surface area contributed by atoms with E-state index in [0.717, 1.165) is 9.99 Å². The van der Waals surface area contributed by atoms with E-state index in [4.69, 9.17) is 18.9 Å². The number of halogens is 1. The average molecular weight is 474 g/mol. The molecule has 2 fully saturated rings. The zero-order valence-electron chi connectivity index (χ0n) is 14.2. The molecule has 1 saturated heterocycles. The number of rotatable bonds is 5. The van der Waals surface area contributed by atoms with E-state index >= 15 is 0 Å². The molecule has 0 amide bonds. The van der Waals surface area contributed by atoms with Crippen LogP contribution >= 0.6 is 22.6 Å². The molecule has 2 unspecified atom stereocenters. The van der Waals surface area contributed by atoms with Crippen LogP contribution in [-0.2, 0) is 28.6 Å². The third-order valence-corrected chi connectivity index (χ3v) is 5.52. The van der Waals surface area contributed by atoms with Gasteiger partial charge in [0.15, 0.2) is 6.10 Å². The van der Waals surface area contributed by atoms with Gasteiger partial charge in [-0.3, -0.25) is 9.59 Å². The van der Waals surface area contributed by atoms with Crippen LogP contribution in [0.25, 0.3) is 0 Å². The molecule has 2 atom stereocenters. The van der Waals surface area contributed by atoms with Crippen molar-refractivity contribution in [1.29, 1.82) is 0 Å². The molecular weight excluding hydrogens is 455 g/mol. The summed E-state index contributed by atoms with van der Waals surface area (Å²) >= 11 is 2.12. The number of para-hydroxylation sites is 1. The summed E-state index contributed by atoms with van der Waals surface area (Å²) in [5.41, 5.74) is 0. The van der Waals surface area contributed by atoms with E-state index in [1.807, 2.05) is 18.2 Å². The average Bonchev–Trinajstić information content (AvgIpc) is 2.95. The van der Waals surface area contributed by atoms with Crippen molar-refractivity contribution in [2.24, 2.45) is 5.92 Å². The zero-order chi connectivity index (χ0) is 18.7. The van der Waals surface area contributed by atoms with Gasteiger partial charge in [0.25, 0.3) is 5.79 Å². The highest BCUT2D eigenvalue weighted by Gasteiger charge is 2.53. The number of hydrogen-bond donors (Lipinski definition) is 0. The monoisotopic (exact) mass is 474 g/mol. The van der Waals surface area contributed by atoms with Crippen molar-refractivity contribution in [3.8, 4) is 5.75 Å². The summed E-state index contributed by atoms with van der Waals surface area (Å²) in [6, 6.07) is 7.32. The number of hydrogen-bond acceptors (Lipinski definition) is 7. The summed E-state index contributed by atoms with van der Waals surface area (Å²) in [5, 5.41) is 0. The number of benzene rings is 1. The van der Waals surface area contributed by atoms with Gasteiger partial charge in [-0.1, -0.05) is 12.1 Å². The van der Waals surface area contributed by atoms with E-state index in [-0.39, 0.29) is 18.8 Å². The highest BCUT2D eigenvalue weighted by atomic mass is 127. The minimum Gasteiger partial charge on any atom is -0.478 e. The molecule has 1 aliphatic carbocycles. The second-order valence-corrected chi connectivity index (χ2v) is 7.48. The first-order chi connectivity index (χ1) is 12.4. The predicted molar refractivity (Wildman–Crippen MR) is 97.1 cm³/mol. The lowest BCUT2D eigenvalue weighted by atomic mass is 9.94. The van der Waals surface area contributed by atoms with Gasteiger partial charge in [-0.05, 0) is 47.6 Å². The Hall–Kier alpha value is -1.84. The maximum atomic E-state index is 12.3. The van der Waals surface area contributed by atoms with Gasteiger partial charge >= 0.3 is 17.9 Å². The third kappa shape index (κ3) is 3.94. The fourth-order valence-electron chi connectivity index (χ4n) is 3.46. The van der Waals surface area contributed by atoms with Crippen LogP contribution in [0.2, 0.25) is 0 Å². The Kier molecular flexibility index (Phi) is 5.69. The van der Waals surface area contributed by atoms with Crippen LogP contribution in [0.15, 0.2) is 24.3 Å². The molecule has 2 aliphatic rings. The van der Waals surface area contributed by atoms with Crippen molar-refractivity contribution in [2.45, 2.75) is 44.0 Å². The molecule has 0 N–H and O–H groups in total. The molecule has 1 aromatic carbocycles. The first-order valence-corrected chi connectivity index (χ1v) is 9.44. The van der Waals surface area contributed by atoms with Gasteiger partial charge in [0.1, 0.15) is 12.2 Å². The first kappa shape index (κ1) is 18.9. The van der Waals surface area contributed by atoms with E-state index in [1.165, 1.54) is 7.11 Å². The molecule has 1 heterocycles. The summed E-state index contributed by atoms with van der Waals surface area (Å²) in [6.45, 7) is 0. The van der Waals surface area contributed by atoms with Gasteiger partial charge in [0, 0.05) is 18.8 Å². The second kappa shape index (κ2) is 7.81. The number of esters is 3. The third-order valence-electron chi connectivity index (χ3n) is 4.63. The Labute approximate surface area is 164 Å². The van der Waals surface area contributed by atoms with Crippen LogP contribution in [0, 0.1) is 9.49 Å². The highest BCUT2D eigenvalue weighted by Crippen LogP contribution is 2.45. The predicted octanol–water partition coefficient (Wildman–Crippen LogP) is 2.59. The molecule has 0 aromatic heterocycles. The van der Waals surface area contributed by atoms with Gasteiger partial charge in [-0.2, -0.15) is 0 Å². The summed E-state index contributed by atoms with van der Waals surface area (Å²) in [6.07, 6.45) is 0.749. The minimum atomic E-state index is -1.30. The minimum absolute atomic E-state index is 0.220. The number of carbonyl (C=O) groups is 3. The van der Waals surface area contributed by atoms with Gasteiger partial charge in [-0.25, -0.2) is 4.79 Å².